The van der Waals surface area contributed by atoms with E-state index in [9.17, 15) is 23.1 Å². The van der Waals surface area contributed by atoms with Crippen LogP contribution in [0.3, 0.4) is 0 Å². The molecule has 1 aliphatic carbocycles. The van der Waals surface area contributed by atoms with Gasteiger partial charge in [-0.25, -0.2) is 4.79 Å². The molecule has 5 rings (SSSR count). The predicted molar refractivity (Wildman–Crippen MR) is 125 cm³/mol. The first-order valence-corrected chi connectivity index (χ1v) is 10.6. The number of alkyl halides is 3. The molecule has 4 aromatic rings. The van der Waals surface area contributed by atoms with Crippen LogP contribution >= 0.6 is 0 Å². The number of aryl methyl sites for hydroxylation is 1. The van der Waals surface area contributed by atoms with E-state index in [-0.39, 0.29) is 11.3 Å². The minimum absolute atomic E-state index is 0.211. The number of halogens is 3. The van der Waals surface area contributed by atoms with Crippen LogP contribution in [-0.4, -0.2) is 39.3 Å². The first-order valence-electron chi connectivity index (χ1n) is 10.6. The van der Waals surface area contributed by atoms with E-state index in [0.29, 0.717) is 29.1 Å². The number of ether oxygens (including phenoxy) is 1. The van der Waals surface area contributed by atoms with E-state index in [1.54, 1.807) is 29.7 Å². The Bertz CT molecular complexity index is 1510. The minimum Gasteiger partial charge on any atom is -0.478 e. The standard InChI is InChI=1S/C25H19F3N4O3/c1-31(15-5-3-6-16(13-15)35-25(26,27)28)21-8-4-7-18-22(30-32(2)23(18)21)14-11-19-17(24(33)34)9-10-29-20(19)12-14/h3-10,12-13H,11H2,1-2H3,(H,33,34). The Hall–Kier alpha value is -4.34. The van der Waals surface area contributed by atoms with Gasteiger partial charge in [0.2, 0.25) is 0 Å². The highest BCUT2D eigenvalue weighted by atomic mass is 19.4. The monoisotopic (exact) mass is 480 g/mol. The summed E-state index contributed by atoms with van der Waals surface area (Å²) in [5.41, 5.74) is 5.00. The summed E-state index contributed by atoms with van der Waals surface area (Å²) in [4.78, 5) is 17.7. The second kappa shape index (κ2) is 8.15. The Morgan fingerprint density at radius 1 is 1.17 bits per heavy atom. The molecular formula is C25H19F3N4O3. The van der Waals surface area contributed by atoms with Crippen molar-refractivity contribution in [3.05, 3.63) is 77.2 Å². The molecule has 0 atom stereocenters. The van der Waals surface area contributed by atoms with Crippen molar-refractivity contribution >= 4 is 39.9 Å². The largest absolute Gasteiger partial charge is 0.573 e. The maximum absolute atomic E-state index is 12.7. The Morgan fingerprint density at radius 3 is 2.69 bits per heavy atom. The number of aromatic nitrogens is 3. The van der Waals surface area contributed by atoms with Crippen LogP contribution in [0.1, 0.15) is 27.3 Å². The summed E-state index contributed by atoms with van der Waals surface area (Å²) in [6.07, 6.45) is -1.08. The van der Waals surface area contributed by atoms with Crippen molar-refractivity contribution in [2.45, 2.75) is 12.8 Å². The number of pyridine rings is 1. The number of allylic oxidation sites excluding steroid dienone is 1. The van der Waals surface area contributed by atoms with Crippen molar-refractivity contribution in [2.24, 2.45) is 7.05 Å². The number of hydrogen-bond donors (Lipinski definition) is 1. The Morgan fingerprint density at radius 2 is 1.94 bits per heavy atom. The molecule has 0 unspecified atom stereocenters. The number of nitrogens with zero attached hydrogens (tertiary/aromatic N) is 4. The Labute approximate surface area is 197 Å². The SMILES string of the molecule is CN(c1cccc(OC(F)(F)F)c1)c1cccc2c(C3=Cc4nccc(C(=O)O)c4C3)nn(C)c12. The lowest BCUT2D eigenvalue weighted by molar-refractivity contribution is -0.274. The van der Waals surface area contributed by atoms with Gasteiger partial charge in [0.1, 0.15) is 5.75 Å². The maximum atomic E-state index is 12.7. The Kier molecular flexibility index (Phi) is 5.23. The van der Waals surface area contributed by atoms with Gasteiger partial charge in [0.15, 0.2) is 0 Å². The maximum Gasteiger partial charge on any atom is 0.573 e. The third kappa shape index (κ3) is 4.07. The van der Waals surface area contributed by atoms with Crippen LogP contribution in [0.4, 0.5) is 24.5 Å². The zero-order chi connectivity index (χ0) is 24.9. The summed E-state index contributed by atoms with van der Waals surface area (Å²) < 4.78 is 43.8. The normalized spacial score (nSPS) is 13.0. The Balaban J connectivity index is 1.55. The molecule has 1 aliphatic rings. The number of carboxylic acids is 1. The fourth-order valence-electron chi connectivity index (χ4n) is 4.43. The molecule has 35 heavy (non-hydrogen) atoms. The van der Waals surface area contributed by atoms with Gasteiger partial charge in [-0.05, 0) is 41.5 Å². The summed E-state index contributed by atoms with van der Waals surface area (Å²) in [7, 11) is 3.54. The van der Waals surface area contributed by atoms with Crippen molar-refractivity contribution < 1.29 is 27.8 Å². The van der Waals surface area contributed by atoms with Crippen LogP contribution < -0.4 is 9.64 Å². The van der Waals surface area contributed by atoms with E-state index in [2.05, 4.69) is 9.72 Å². The van der Waals surface area contributed by atoms with E-state index < -0.39 is 12.3 Å². The molecular weight excluding hydrogens is 461 g/mol. The van der Waals surface area contributed by atoms with Crippen LogP contribution in [0.5, 0.6) is 5.75 Å². The number of anilines is 2. The lowest BCUT2D eigenvalue weighted by Crippen LogP contribution is -2.17. The van der Waals surface area contributed by atoms with Gasteiger partial charge in [-0.2, -0.15) is 5.10 Å². The number of hydrogen-bond acceptors (Lipinski definition) is 5. The van der Waals surface area contributed by atoms with E-state index in [0.717, 1.165) is 22.2 Å². The minimum atomic E-state index is -4.78. The van der Waals surface area contributed by atoms with Crippen LogP contribution in [0, 0.1) is 0 Å². The average molecular weight is 480 g/mol. The molecule has 0 aliphatic heterocycles. The summed E-state index contributed by atoms with van der Waals surface area (Å²) in [6, 6.07) is 12.8. The fraction of sp³-hybridized carbons (Fsp3) is 0.160. The van der Waals surface area contributed by atoms with Crippen molar-refractivity contribution in [3.8, 4) is 5.75 Å². The molecule has 0 bridgehead atoms. The molecule has 0 radical (unpaired) electrons. The van der Waals surface area contributed by atoms with E-state index in [1.807, 2.05) is 24.3 Å². The number of para-hydroxylation sites is 1. The summed E-state index contributed by atoms with van der Waals surface area (Å²) in [6.45, 7) is 0. The summed E-state index contributed by atoms with van der Waals surface area (Å²) in [5.74, 6) is -1.32. The lowest BCUT2D eigenvalue weighted by Gasteiger charge is -2.21. The molecule has 0 spiro atoms. The van der Waals surface area contributed by atoms with Gasteiger partial charge in [0.25, 0.3) is 0 Å². The summed E-state index contributed by atoms with van der Waals surface area (Å²) in [5, 5.41) is 15.1. The van der Waals surface area contributed by atoms with Gasteiger partial charge >= 0.3 is 12.3 Å². The molecule has 2 heterocycles. The number of carbonyl (C=O) groups is 1. The molecule has 10 heteroatoms. The molecule has 0 amide bonds. The van der Waals surface area contributed by atoms with Crippen molar-refractivity contribution in [1.29, 1.82) is 0 Å². The zero-order valence-corrected chi connectivity index (χ0v) is 18.7. The molecule has 0 saturated heterocycles. The molecule has 7 nitrogen and oxygen atoms in total. The van der Waals surface area contributed by atoms with Gasteiger partial charge in [0.05, 0.1) is 28.2 Å². The van der Waals surface area contributed by atoms with Gasteiger partial charge in [-0.15, -0.1) is 13.2 Å². The van der Waals surface area contributed by atoms with Gasteiger partial charge in [-0.3, -0.25) is 9.67 Å². The first kappa shape index (κ1) is 22.5. The number of rotatable bonds is 5. The lowest BCUT2D eigenvalue weighted by atomic mass is 10.0. The molecule has 0 saturated carbocycles. The second-order valence-electron chi connectivity index (χ2n) is 8.12. The van der Waals surface area contributed by atoms with Crippen LogP contribution in [-0.2, 0) is 13.5 Å². The van der Waals surface area contributed by atoms with Gasteiger partial charge in [0, 0.05) is 43.9 Å². The number of aromatic carboxylic acids is 1. The molecule has 178 valence electrons. The molecule has 2 aromatic carbocycles. The smallest absolute Gasteiger partial charge is 0.478 e. The van der Waals surface area contributed by atoms with Crippen LogP contribution in [0.15, 0.2) is 54.7 Å². The highest BCUT2D eigenvalue weighted by Gasteiger charge is 2.31. The van der Waals surface area contributed by atoms with Crippen molar-refractivity contribution in [3.63, 3.8) is 0 Å². The molecule has 0 fully saturated rings. The topological polar surface area (TPSA) is 80.5 Å². The number of benzene rings is 2. The second-order valence-corrected chi connectivity index (χ2v) is 8.12. The summed E-state index contributed by atoms with van der Waals surface area (Å²) >= 11 is 0. The predicted octanol–water partition coefficient (Wildman–Crippen LogP) is 5.43. The number of carboxylic acid groups (broad SMARTS) is 1. The fourth-order valence-corrected chi connectivity index (χ4v) is 4.43. The molecule has 2 aromatic heterocycles. The van der Waals surface area contributed by atoms with Crippen LogP contribution in [0.25, 0.3) is 22.6 Å². The third-order valence-corrected chi connectivity index (χ3v) is 5.95. The van der Waals surface area contributed by atoms with E-state index in [4.69, 9.17) is 5.10 Å². The van der Waals surface area contributed by atoms with Gasteiger partial charge < -0.3 is 14.7 Å². The zero-order valence-electron chi connectivity index (χ0n) is 18.7. The van der Waals surface area contributed by atoms with Crippen molar-refractivity contribution in [1.82, 2.24) is 14.8 Å². The quantitative estimate of drug-likeness (QED) is 0.410. The van der Waals surface area contributed by atoms with Crippen molar-refractivity contribution in [2.75, 3.05) is 11.9 Å². The molecule has 1 N–H and O–H groups in total. The first-order chi connectivity index (χ1) is 16.6. The highest BCUT2D eigenvalue weighted by molar-refractivity contribution is 6.04. The number of fused-ring (bicyclic) bond motifs is 2. The highest BCUT2D eigenvalue weighted by Crippen LogP contribution is 2.39. The van der Waals surface area contributed by atoms with E-state index >= 15 is 0 Å². The van der Waals surface area contributed by atoms with Gasteiger partial charge in [-0.1, -0.05) is 18.2 Å². The average Bonchev–Trinajstić information content (AvgIpc) is 3.38. The third-order valence-electron chi connectivity index (χ3n) is 5.95. The van der Waals surface area contributed by atoms with Crippen LogP contribution in [0.2, 0.25) is 0 Å². The van der Waals surface area contributed by atoms with E-state index in [1.165, 1.54) is 30.5 Å².